The van der Waals surface area contributed by atoms with Crippen molar-refractivity contribution in [3.63, 3.8) is 0 Å². The van der Waals surface area contributed by atoms with Crippen molar-refractivity contribution < 1.29 is 19.1 Å². The Morgan fingerprint density at radius 2 is 1.39 bits per heavy atom. The summed E-state index contributed by atoms with van der Waals surface area (Å²) in [6.45, 7) is 12.2. The summed E-state index contributed by atoms with van der Waals surface area (Å²) in [5, 5.41) is 0. The zero-order chi connectivity index (χ0) is 14.3. The van der Waals surface area contributed by atoms with Gasteiger partial charge in [-0.25, -0.2) is 0 Å². The van der Waals surface area contributed by atoms with Gasteiger partial charge in [0.2, 0.25) is 0 Å². The summed E-state index contributed by atoms with van der Waals surface area (Å²) in [5.41, 5.74) is 0. The molecule has 0 aliphatic carbocycles. The zero-order valence-corrected chi connectivity index (χ0v) is 12.4. The molecule has 4 nitrogen and oxygen atoms in total. The Kier molecular flexibility index (Phi) is 7.64. The third-order valence-electron chi connectivity index (χ3n) is 2.45. The van der Waals surface area contributed by atoms with Crippen LogP contribution >= 0.6 is 0 Å². The normalized spacial score (nSPS) is 11.4. The highest BCUT2D eigenvalue weighted by atomic mass is 16.6. The summed E-state index contributed by atoms with van der Waals surface area (Å²) in [7, 11) is 0. The smallest absolute Gasteiger partial charge is 0.317 e. The molecule has 0 radical (unpaired) electrons. The molecule has 0 aromatic carbocycles. The van der Waals surface area contributed by atoms with Gasteiger partial charge in [-0.15, -0.1) is 0 Å². The molecule has 0 saturated heterocycles. The van der Waals surface area contributed by atoms with Gasteiger partial charge >= 0.3 is 11.9 Å². The molecule has 106 valence electrons. The van der Waals surface area contributed by atoms with Crippen molar-refractivity contribution in [2.45, 2.75) is 54.1 Å². The van der Waals surface area contributed by atoms with Gasteiger partial charge in [0, 0.05) is 0 Å². The average molecular weight is 258 g/mol. The third kappa shape index (κ3) is 7.30. The Balaban J connectivity index is 4.13. The lowest BCUT2D eigenvalue weighted by atomic mass is 9.96. The van der Waals surface area contributed by atoms with Crippen LogP contribution < -0.4 is 0 Å². The lowest BCUT2D eigenvalue weighted by Crippen LogP contribution is -2.30. The highest BCUT2D eigenvalue weighted by Gasteiger charge is 2.23. The summed E-state index contributed by atoms with van der Waals surface area (Å²) < 4.78 is 10.2. The van der Waals surface area contributed by atoms with E-state index in [-0.39, 0.29) is 30.3 Å². The van der Waals surface area contributed by atoms with Crippen LogP contribution in [0.2, 0.25) is 0 Å². The van der Waals surface area contributed by atoms with Gasteiger partial charge in [-0.2, -0.15) is 0 Å². The Bertz CT molecular complexity index is 261. The minimum absolute atomic E-state index is 0.157. The largest absolute Gasteiger partial charge is 0.465 e. The lowest BCUT2D eigenvalue weighted by Gasteiger charge is -2.24. The fourth-order valence-electron chi connectivity index (χ4n) is 1.66. The maximum atomic E-state index is 11.6. The molecule has 0 saturated carbocycles. The van der Waals surface area contributed by atoms with Crippen molar-refractivity contribution in [3.8, 4) is 0 Å². The van der Waals surface area contributed by atoms with Gasteiger partial charge < -0.3 is 9.47 Å². The van der Waals surface area contributed by atoms with E-state index in [4.69, 9.17) is 9.47 Å². The van der Waals surface area contributed by atoms with E-state index >= 15 is 0 Å². The molecule has 4 heteroatoms. The number of hydrogen-bond donors (Lipinski definition) is 0. The van der Waals surface area contributed by atoms with E-state index in [1.165, 1.54) is 0 Å². The fourth-order valence-corrected chi connectivity index (χ4v) is 1.66. The van der Waals surface area contributed by atoms with Gasteiger partial charge in [0.05, 0.1) is 6.61 Å². The van der Waals surface area contributed by atoms with Crippen LogP contribution in [-0.2, 0) is 19.1 Å². The van der Waals surface area contributed by atoms with Crippen molar-refractivity contribution in [1.82, 2.24) is 0 Å². The summed E-state index contributed by atoms with van der Waals surface area (Å²) in [5.74, 6) is -0.276. The van der Waals surface area contributed by atoms with Crippen LogP contribution in [0, 0.1) is 17.8 Å². The highest BCUT2D eigenvalue weighted by molar-refractivity contribution is 5.91. The molecule has 0 fully saturated rings. The number of esters is 2. The summed E-state index contributed by atoms with van der Waals surface area (Å²) in [6.07, 6.45) is -0.460. The van der Waals surface area contributed by atoms with E-state index in [0.29, 0.717) is 6.61 Å². The topological polar surface area (TPSA) is 52.6 Å². The molecule has 0 aromatic rings. The summed E-state index contributed by atoms with van der Waals surface area (Å²) in [4.78, 5) is 23.0. The van der Waals surface area contributed by atoms with E-state index in [2.05, 4.69) is 0 Å². The first-order chi connectivity index (χ1) is 8.23. The van der Waals surface area contributed by atoms with Crippen LogP contribution in [0.15, 0.2) is 0 Å². The number of rotatable bonds is 7. The first-order valence-corrected chi connectivity index (χ1v) is 6.59. The number of carbonyl (C=O) groups is 2. The molecule has 0 rings (SSSR count). The number of ether oxygens (including phenoxy) is 2. The van der Waals surface area contributed by atoms with E-state index in [1.807, 2.05) is 41.5 Å². The Morgan fingerprint density at radius 3 is 1.78 bits per heavy atom. The van der Waals surface area contributed by atoms with Crippen LogP contribution in [0.3, 0.4) is 0 Å². The average Bonchev–Trinajstić information content (AvgIpc) is 2.22. The molecule has 0 unspecified atom stereocenters. The second kappa shape index (κ2) is 8.11. The molecule has 0 bridgehead atoms. The molecular weight excluding hydrogens is 232 g/mol. The molecular formula is C14H26O4. The molecule has 0 spiro atoms. The van der Waals surface area contributed by atoms with E-state index < -0.39 is 11.9 Å². The first kappa shape index (κ1) is 16.9. The highest BCUT2D eigenvalue weighted by Crippen LogP contribution is 2.16. The zero-order valence-electron chi connectivity index (χ0n) is 12.4. The Labute approximate surface area is 110 Å². The standard InChI is InChI=1S/C14H26O4/c1-9(2)8-17-12(15)7-13(16)18-14(10(3)4)11(5)6/h9-11,14H,7-8H2,1-6H3. The minimum Gasteiger partial charge on any atom is -0.465 e. The molecule has 0 amide bonds. The Morgan fingerprint density at radius 1 is 0.889 bits per heavy atom. The predicted molar refractivity (Wildman–Crippen MR) is 70.0 cm³/mol. The van der Waals surface area contributed by atoms with Gasteiger partial charge in [0.1, 0.15) is 12.5 Å². The van der Waals surface area contributed by atoms with Gasteiger partial charge in [-0.1, -0.05) is 41.5 Å². The van der Waals surface area contributed by atoms with Crippen molar-refractivity contribution in [3.05, 3.63) is 0 Å². The van der Waals surface area contributed by atoms with Gasteiger partial charge in [0.25, 0.3) is 0 Å². The van der Waals surface area contributed by atoms with Crippen LogP contribution in [-0.4, -0.2) is 24.6 Å². The van der Waals surface area contributed by atoms with Crippen LogP contribution in [0.4, 0.5) is 0 Å². The number of carbonyl (C=O) groups excluding carboxylic acids is 2. The van der Waals surface area contributed by atoms with Crippen LogP contribution in [0.25, 0.3) is 0 Å². The van der Waals surface area contributed by atoms with Gasteiger partial charge in [-0.05, 0) is 17.8 Å². The first-order valence-electron chi connectivity index (χ1n) is 6.59. The molecule has 0 heterocycles. The van der Waals surface area contributed by atoms with Crippen molar-refractivity contribution >= 4 is 11.9 Å². The molecule has 0 aliphatic heterocycles. The van der Waals surface area contributed by atoms with Crippen LogP contribution in [0.5, 0.6) is 0 Å². The predicted octanol–water partition coefficient (Wildman–Crippen LogP) is 2.80. The van der Waals surface area contributed by atoms with Gasteiger partial charge in [0.15, 0.2) is 0 Å². The molecule has 0 aromatic heterocycles. The van der Waals surface area contributed by atoms with Crippen LogP contribution in [0.1, 0.15) is 48.0 Å². The minimum atomic E-state index is -0.514. The SMILES string of the molecule is CC(C)COC(=O)CC(=O)OC(C(C)C)C(C)C. The summed E-state index contributed by atoms with van der Waals surface area (Å²) in [6, 6.07) is 0. The monoisotopic (exact) mass is 258 g/mol. The molecule has 18 heavy (non-hydrogen) atoms. The van der Waals surface area contributed by atoms with Crippen molar-refractivity contribution in [2.24, 2.45) is 17.8 Å². The summed E-state index contributed by atoms with van der Waals surface area (Å²) >= 11 is 0. The molecule has 0 atom stereocenters. The second-order valence-corrected chi connectivity index (χ2v) is 5.70. The maximum absolute atomic E-state index is 11.6. The van der Waals surface area contributed by atoms with E-state index in [9.17, 15) is 9.59 Å². The molecule has 0 N–H and O–H groups in total. The van der Waals surface area contributed by atoms with Crippen molar-refractivity contribution in [1.29, 1.82) is 0 Å². The van der Waals surface area contributed by atoms with Crippen molar-refractivity contribution in [2.75, 3.05) is 6.61 Å². The van der Waals surface area contributed by atoms with Gasteiger partial charge in [-0.3, -0.25) is 9.59 Å². The maximum Gasteiger partial charge on any atom is 0.317 e. The Hall–Kier alpha value is -1.06. The van der Waals surface area contributed by atoms with E-state index in [1.54, 1.807) is 0 Å². The molecule has 0 aliphatic rings. The lowest BCUT2D eigenvalue weighted by molar-refractivity contribution is -0.161. The fraction of sp³-hybridized carbons (Fsp3) is 0.857. The number of hydrogen-bond acceptors (Lipinski definition) is 4. The quantitative estimate of drug-likeness (QED) is 0.520. The second-order valence-electron chi connectivity index (χ2n) is 5.70. The van der Waals surface area contributed by atoms with E-state index in [0.717, 1.165) is 0 Å². The third-order valence-corrected chi connectivity index (χ3v) is 2.45.